The highest BCUT2D eigenvalue weighted by atomic mass is 79.9. The van der Waals surface area contributed by atoms with Crippen LogP contribution in [0.1, 0.15) is 23.5 Å². The van der Waals surface area contributed by atoms with Crippen LogP contribution in [-0.4, -0.2) is 6.04 Å². The Bertz CT molecular complexity index is 544. The zero-order valence-corrected chi connectivity index (χ0v) is 14.5. The molecule has 0 bridgehead atoms. The maximum absolute atomic E-state index is 6.28. The summed E-state index contributed by atoms with van der Waals surface area (Å²) in [5.41, 5.74) is 6.28. The highest BCUT2D eigenvalue weighted by molar-refractivity contribution is 9.11. The van der Waals surface area contributed by atoms with Gasteiger partial charge in [0.2, 0.25) is 0 Å². The van der Waals surface area contributed by atoms with E-state index in [2.05, 4.69) is 35.0 Å². The zero-order valence-electron chi connectivity index (χ0n) is 10.5. The maximum Gasteiger partial charge on any atom is 0.0701 e. The number of hydrogen-bond donors (Lipinski definition) is 1. The van der Waals surface area contributed by atoms with Crippen LogP contribution in [0.25, 0.3) is 0 Å². The molecule has 102 valence electrons. The topological polar surface area (TPSA) is 26.0 Å². The molecule has 0 amide bonds. The Labute approximate surface area is 135 Å². The van der Waals surface area contributed by atoms with Crippen molar-refractivity contribution in [3.63, 3.8) is 0 Å². The molecule has 1 aromatic heterocycles. The van der Waals surface area contributed by atoms with Crippen LogP contribution in [0.2, 0.25) is 5.02 Å². The van der Waals surface area contributed by atoms with Gasteiger partial charge in [0.25, 0.3) is 0 Å². The van der Waals surface area contributed by atoms with E-state index in [0.29, 0.717) is 0 Å². The summed E-state index contributed by atoms with van der Waals surface area (Å²) >= 11 is 13.2. The van der Waals surface area contributed by atoms with Gasteiger partial charge in [-0.25, -0.2) is 0 Å². The molecule has 0 spiro atoms. The molecule has 1 aromatic carbocycles. The number of benzene rings is 1. The van der Waals surface area contributed by atoms with E-state index in [1.54, 1.807) is 23.1 Å². The van der Waals surface area contributed by atoms with Gasteiger partial charge < -0.3 is 5.73 Å². The minimum atomic E-state index is 0.117. The summed E-state index contributed by atoms with van der Waals surface area (Å²) in [4.78, 5) is 2.37. The van der Waals surface area contributed by atoms with Crippen molar-refractivity contribution in [1.82, 2.24) is 0 Å². The molecule has 19 heavy (non-hydrogen) atoms. The van der Waals surface area contributed by atoms with E-state index >= 15 is 0 Å². The number of rotatable bonds is 5. The van der Waals surface area contributed by atoms with Crippen LogP contribution in [0.15, 0.2) is 45.1 Å². The smallest absolute Gasteiger partial charge is 0.0701 e. The molecule has 2 aromatic rings. The number of halogens is 2. The summed E-state index contributed by atoms with van der Waals surface area (Å²) in [6, 6.07) is 12.2. The molecular weight excluding hydrogens is 362 g/mol. The highest BCUT2D eigenvalue weighted by Crippen LogP contribution is 2.43. The van der Waals surface area contributed by atoms with Crippen molar-refractivity contribution in [2.45, 2.75) is 29.5 Å². The molecule has 0 radical (unpaired) electrons. The Balaban J connectivity index is 2.27. The summed E-state index contributed by atoms with van der Waals surface area (Å²) in [6.45, 7) is 2.12. The van der Waals surface area contributed by atoms with Crippen LogP contribution >= 0.6 is 50.6 Å². The second-order valence-electron chi connectivity index (χ2n) is 4.18. The van der Waals surface area contributed by atoms with Gasteiger partial charge >= 0.3 is 0 Å². The summed E-state index contributed by atoms with van der Waals surface area (Å²) in [6.07, 6.45) is 0.942. The van der Waals surface area contributed by atoms with Crippen molar-refractivity contribution < 1.29 is 0 Å². The lowest BCUT2D eigenvalue weighted by Gasteiger charge is -2.21. The number of thiophene rings is 1. The number of hydrogen-bond acceptors (Lipinski definition) is 3. The van der Waals surface area contributed by atoms with Gasteiger partial charge in [-0.2, -0.15) is 0 Å². The van der Waals surface area contributed by atoms with Gasteiger partial charge in [-0.3, -0.25) is 0 Å². The predicted octanol–water partition coefficient (Wildman–Crippen LogP) is 5.73. The van der Waals surface area contributed by atoms with Crippen molar-refractivity contribution >= 4 is 50.6 Å². The quantitative estimate of drug-likeness (QED) is 0.674. The molecule has 5 heteroatoms. The van der Waals surface area contributed by atoms with Gasteiger partial charge in [0, 0.05) is 15.8 Å². The normalized spacial score (nSPS) is 14.3. The van der Waals surface area contributed by atoms with Crippen LogP contribution in [0.3, 0.4) is 0 Å². The molecule has 0 aliphatic carbocycles. The van der Waals surface area contributed by atoms with Gasteiger partial charge in [0.05, 0.1) is 14.1 Å². The first-order valence-corrected chi connectivity index (χ1v) is 8.90. The minimum Gasteiger partial charge on any atom is -0.326 e. The lowest BCUT2D eigenvalue weighted by molar-refractivity contribution is 0.640. The lowest BCUT2D eigenvalue weighted by atomic mass is 10.1. The Kier molecular flexibility index (Phi) is 5.78. The first-order valence-electron chi connectivity index (χ1n) is 6.03. The van der Waals surface area contributed by atoms with E-state index in [9.17, 15) is 0 Å². The third-order valence-corrected chi connectivity index (χ3v) is 6.59. The van der Waals surface area contributed by atoms with E-state index in [4.69, 9.17) is 17.3 Å². The van der Waals surface area contributed by atoms with Gasteiger partial charge in [0.15, 0.2) is 0 Å². The van der Waals surface area contributed by atoms with E-state index in [1.807, 2.05) is 24.3 Å². The fourth-order valence-electron chi connectivity index (χ4n) is 1.73. The van der Waals surface area contributed by atoms with Crippen LogP contribution in [0.5, 0.6) is 0 Å². The Morgan fingerprint density at radius 1 is 1.32 bits per heavy atom. The molecule has 0 aliphatic heterocycles. The molecule has 2 atom stereocenters. The third-order valence-electron chi connectivity index (χ3n) is 2.83. The van der Waals surface area contributed by atoms with Crippen LogP contribution < -0.4 is 5.73 Å². The summed E-state index contributed by atoms with van der Waals surface area (Å²) in [5.74, 6) is 0. The fourth-order valence-corrected chi connectivity index (χ4v) is 4.94. The van der Waals surface area contributed by atoms with Crippen LogP contribution in [-0.2, 0) is 0 Å². The van der Waals surface area contributed by atoms with Crippen molar-refractivity contribution in [1.29, 1.82) is 0 Å². The van der Waals surface area contributed by atoms with Crippen molar-refractivity contribution in [3.05, 3.63) is 50.1 Å². The van der Waals surface area contributed by atoms with E-state index < -0.39 is 0 Å². The molecule has 0 saturated carbocycles. The number of thioether (sulfide) groups is 1. The molecule has 2 unspecified atom stereocenters. The molecule has 1 nitrogen and oxygen atoms in total. The number of nitrogens with two attached hydrogens (primary N) is 1. The standard InChI is InChI=1S/C14H15BrClNS2/c1-2-10(17)14(12-7-8-13(15)18-12)19-11-6-4-3-5-9(11)16/h3-8,10,14H,2,17H2,1H3. The molecule has 2 N–H and O–H groups in total. The summed E-state index contributed by atoms with van der Waals surface area (Å²) in [7, 11) is 0. The van der Waals surface area contributed by atoms with Gasteiger partial charge in [0.1, 0.15) is 0 Å². The predicted molar refractivity (Wildman–Crippen MR) is 90.3 cm³/mol. The third kappa shape index (κ3) is 3.99. The average molecular weight is 377 g/mol. The van der Waals surface area contributed by atoms with Gasteiger partial charge in [-0.15, -0.1) is 23.1 Å². The monoisotopic (exact) mass is 375 g/mol. The molecule has 0 aliphatic rings. The Morgan fingerprint density at radius 3 is 2.63 bits per heavy atom. The lowest BCUT2D eigenvalue weighted by Crippen LogP contribution is -2.25. The molecule has 1 heterocycles. The van der Waals surface area contributed by atoms with E-state index in [-0.39, 0.29) is 11.3 Å². The average Bonchev–Trinajstić information content (AvgIpc) is 2.83. The van der Waals surface area contributed by atoms with Gasteiger partial charge in [-0.05, 0) is 46.6 Å². The van der Waals surface area contributed by atoms with Gasteiger partial charge in [-0.1, -0.05) is 30.7 Å². The minimum absolute atomic E-state index is 0.117. The SMILES string of the molecule is CCC(N)C(Sc1ccccc1Cl)c1ccc(Br)s1. The second-order valence-corrected chi connectivity index (χ2v) is 8.27. The molecule has 2 rings (SSSR count). The Morgan fingerprint density at radius 2 is 2.05 bits per heavy atom. The van der Waals surface area contributed by atoms with Crippen LogP contribution in [0, 0.1) is 0 Å². The Hall–Kier alpha value is -0.0000000000000000833. The summed E-state index contributed by atoms with van der Waals surface area (Å²) in [5, 5.41) is 1.03. The molecular formula is C14H15BrClNS2. The first kappa shape index (κ1) is 15.4. The summed E-state index contributed by atoms with van der Waals surface area (Å²) < 4.78 is 1.13. The largest absolute Gasteiger partial charge is 0.326 e. The zero-order chi connectivity index (χ0) is 13.8. The maximum atomic E-state index is 6.28. The molecule has 0 saturated heterocycles. The fraction of sp³-hybridized carbons (Fsp3) is 0.286. The highest BCUT2D eigenvalue weighted by Gasteiger charge is 2.22. The van der Waals surface area contributed by atoms with Crippen LogP contribution in [0.4, 0.5) is 0 Å². The van der Waals surface area contributed by atoms with E-state index in [1.165, 1.54) is 4.88 Å². The van der Waals surface area contributed by atoms with Crippen molar-refractivity contribution in [2.24, 2.45) is 5.73 Å². The second kappa shape index (κ2) is 7.14. The first-order chi connectivity index (χ1) is 9.11. The van der Waals surface area contributed by atoms with E-state index in [0.717, 1.165) is 20.1 Å². The molecule has 0 fully saturated rings. The van der Waals surface area contributed by atoms with Crippen molar-refractivity contribution in [2.75, 3.05) is 0 Å². The van der Waals surface area contributed by atoms with Crippen molar-refractivity contribution in [3.8, 4) is 0 Å².